The molecule has 1 atom stereocenters. The quantitative estimate of drug-likeness (QED) is 0.644. The van der Waals surface area contributed by atoms with Crippen LogP contribution in [0.5, 0.6) is 0 Å². The van der Waals surface area contributed by atoms with E-state index in [1.807, 2.05) is 4.90 Å². The SMILES string of the molecule is CC1(O)CCN(c2cc(C(N)=O)ccc2N)C1. The van der Waals surface area contributed by atoms with Gasteiger partial charge in [-0.05, 0) is 31.5 Å². The fourth-order valence-corrected chi connectivity index (χ4v) is 2.12. The molecule has 1 aromatic carbocycles. The maximum absolute atomic E-state index is 11.1. The highest BCUT2D eigenvalue weighted by atomic mass is 16.3. The molecule has 1 unspecified atom stereocenters. The molecule has 0 aliphatic carbocycles. The second-order valence-corrected chi connectivity index (χ2v) is 4.81. The molecule has 0 radical (unpaired) electrons. The van der Waals surface area contributed by atoms with Crippen molar-refractivity contribution in [2.45, 2.75) is 18.9 Å². The molecule has 1 saturated heterocycles. The lowest BCUT2D eigenvalue weighted by atomic mass is 10.1. The monoisotopic (exact) mass is 235 g/mol. The highest BCUT2D eigenvalue weighted by molar-refractivity contribution is 5.95. The minimum absolute atomic E-state index is 0.431. The molecule has 1 aliphatic heterocycles. The summed E-state index contributed by atoms with van der Waals surface area (Å²) in [5.74, 6) is -0.475. The second-order valence-electron chi connectivity index (χ2n) is 4.81. The van der Waals surface area contributed by atoms with Crippen LogP contribution in [0.1, 0.15) is 23.7 Å². The Labute approximate surface area is 100 Å². The van der Waals surface area contributed by atoms with Crippen molar-refractivity contribution in [1.29, 1.82) is 0 Å². The maximum atomic E-state index is 11.1. The molecule has 1 fully saturated rings. The number of nitrogen functional groups attached to an aromatic ring is 1. The van der Waals surface area contributed by atoms with Crippen LogP contribution in [-0.4, -0.2) is 29.7 Å². The predicted octanol–water partition coefficient (Wildman–Crippen LogP) is 0.329. The predicted molar refractivity (Wildman–Crippen MR) is 66.8 cm³/mol. The number of nitrogens with zero attached hydrogens (tertiary/aromatic N) is 1. The minimum Gasteiger partial charge on any atom is -0.397 e. The highest BCUT2D eigenvalue weighted by Gasteiger charge is 2.32. The molecule has 5 N–H and O–H groups in total. The number of aliphatic hydroxyl groups is 1. The van der Waals surface area contributed by atoms with E-state index in [-0.39, 0.29) is 0 Å². The van der Waals surface area contributed by atoms with Gasteiger partial charge in [-0.3, -0.25) is 4.79 Å². The number of carbonyl (C=O) groups is 1. The fraction of sp³-hybridized carbons (Fsp3) is 0.417. The van der Waals surface area contributed by atoms with Crippen molar-refractivity contribution < 1.29 is 9.90 Å². The van der Waals surface area contributed by atoms with Crippen LogP contribution in [0.15, 0.2) is 18.2 Å². The molecule has 1 heterocycles. The molecule has 5 heteroatoms. The topological polar surface area (TPSA) is 92.6 Å². The Kier molecular flexibility index (Phi) is 2.71. The van der Waals surface area contributed by atoms with Crippen LogP contribution in [-0.2, 0) is 0 Å². The molecular formula is C12H17N3O2. The molecule has 0 saturated carbocycles. The van der Waals surface area contributed by atoms with E-state index >= 15 is 0 Å². The molecule has 92 valence electrons. The van der Waals surface area contributed by atoms with Gasteiger partial charge in [0.15, 0.2) is 0 Å². The molecule has 0 aromatic heterocycles. The number of primary amides is 1. The third-order valence-corrected chi connectivity index (χ3v) is 3.11. The summed E-state index contributed by atoms with van der Waals surface area (Å²) in [6, 6.07) is 4.96. The maximum Gasteiger partial charge on any atom is 0.248 e. The number of β-amino-alcohol motifs (C(OH)–C–C–N with tert-alkyl or cyclic N) is 1. The van der Waals surface area contributed by atoms with E-state index in [1.165, 1.54) is 0 Å². The van der Waals surface area contributed by atoms with Gasteiger partial charge in [-0.15, -0.1) is 0 Å². The molecule has 1 aromatic rings. The van der Waals surface area contributed by atoms with Crippen molar-refractivity contribution in [3.05, 3.63) is 23.8 Å². The highest BCUT2D eigenvalue weighted by Crippen LogP contribution is 2.31. The largest absolute Gasteiger partial charge is 0.397 e. The van der Waals surface area contributed by atoms with Gasteiger partial charge < -0.3 is 21.5 Å². The summed E-state index contributed by atoms with van der Waals surface area (Å²) in [4.78, 5) is 13.1. The summed E-state index contributed by atoms with van der Waals surface area (Å²) in [5, 5.41) is 9.92. The number of nitrogens with two attached hydrogens (primary N) is 2. The molecule has 2 rings (SSSR count). The van der Waals surface area contributed by atoms with Crippen molar-refractivity contribution in [3.63, 3.8) is 0 Å². The zero-order valence-corrected chi connectivity index (χ0v) is 9.81. The van der Waals surface area contributed by atoms with Gasteiger partial charge in [-0.25, -0.2) is 0 Å². The van der Waals surface area contributed by atoms with Crippen LogP contribution in [0.4, 0.5) is 11.4 Å². The van der Waals surface area contributed by atoms with Crippen LogP contribution < -0.4 is 16.4 Å². The van der Waals surface area contributed by atoms with Gasteiger partial charge >= 0.3 is 0 Å². The van der Waals surface area contributed by atoms with Gasteiger partial charge in [0.05, 0.1) is 17.0 Å². The average molecular weight is 235 g/mol. The van der Waals surface area contributed by atoms with E-state index in [2.05, 4.69) is 0 Å². The van der Waals surface area contributed by atoms with Crippen LogP contribution in [0.25, 0.3) is 0 Å². The van der Waals surface area contributed by atoms with E-state index in [4.69, 9.17) is 11.5 Å². The first kappa shape index (κ1) is 11.7. The van der Waals surface area contributed by atoms with Gasteiger partial charge in [0.1, 0.15) is 0 Å². The molecule has 1 amide bonds. The van der Waals surface area contributed by atoms with Crippen LogP contribution in [0.2, 0.25) is 0 Å². The van der Waals surface area contributed by atoms with Gasteiger partial charge in [0.2, 0.25) is 5.91 Å². The van der Waals surface area contributed by atoms with Crippen LogP contribution in [0.3, 0.4) is 0 Å². The van der Waals surface area contributed by atoms with E-state index in [0.717, 1.165) is 12.2 Å². The number of amides is 1. The molecule has 0 bridgehead atoms. The standard InChI is InChI=1S/C12H17N3O2/c1-12(17)4-5-15(7-12)10-6-8(11(14)16)2-3-9(10)13/h2-3,6,17H,4-5,7,13H2,1H3,(H2,14,16). The summed E-state index contributed by atoms with van der Waals surface area (Å²) in [5.41, 5.74) is 12.2. The molecule has 1 aliphatic rings. The van der Waals surface area contributed by atoms with Crippen molar-refractivity contribution in [2.75, 3.05) is 23.7 Å². The van der Waals surface area contributed by atoms with E-state index in [1.54, 1.807) is 25.1 Å². The Hall–Kier alpha value is -1.75. The average Bonchev–Trinajstić information content (AvgIpc) is 2.59. The minimum atomic E-state index is -0.699. The van der Waals surface area contributed by atoms with Crippen molar-refractivity contribution >= 4 is 17.3 Å². The van der Waals surface area contributed by atoms with Gasteiger partial charge in [-0.2, -0.15) is 0 Å². The first-order chi connectivity index (χ1) is 7.89. The van der Waals surface area contributed by atoms with E-state index in [0.29, 0.717) is 24.2 Å². The number of carbonyl (C=O) groups excluding carboxylic acids is 1. The van der Waals surface area contributed by atoms with Crippen molar-refractivity contribution in [2.24, 2.45) is 5.73 Å². The zero-order chi connectivity index (χ0) is 12.6. The number of anilines is 2. The van der Waals surface area contributed by atoms with Crippen molar-refractivity contribution in [3.8, 4) is 0 Å². The summed E-state index contributed by atoms with van der Waals surface area (Å²) in [6.45, 7) is 3.03. The van der Waals surface area contributed by atoms with Crippen molar-refractivity contribution in [1.82, 2.24) is 0 Å². The van der Waals surface area contributed by atoms with Gasteiger partial charge in [-0.1, -0.05) is 0 Å². The van der Waals surface area contributed by atoms with Crippen LogP contribution in [0, 0.1) is 0 Å². The fourth-order valence-electron chi connectivity index (χ4n) is 2.12. The lowest BCUT2D eigenvalue weighted by Crippen LogP contribution is -2.30. The normalized spacial score (nSPS) is 24.0. The summed E-state index contributed by atoms with van der Waals surface area (Å²) in [7, 11) is 0. The molecule has 17 heavy (non-hydrogen) atoms. The van der Waals surface area contributed by atoms with Crippen LogP contribution >= 0.6 is 0 Å². The third kappa shape index (κ3) is 2.34. The Bertz CT molecular complexity index is 457. The van der Waals surface area contributed by atoms with Gasteiger partial charge in [0.25, 0.3) is 0 Å². The summed E-state index contributed by atoms with van der Waals surface area (Å²) in [6.07, 6.45) is 0.688. The number of benzene rings is 1. The Morgan fingerprint density at radius 3 is 2.76 bits per heavy atom. The van der Waals surface area contributed by atoms with E-state index in [9.17, 15) is 9.90 Å². The first-order valence-electron chi connectivity index (χ1n) is 5.56. The number of rotatable bonds is 2. The third-order valence-electron chi connectivity index (χ3n) is 3.11. The molecular weight excluding hydrogens is 218 g/mol. The zero-order valence-electron chi connectivity index (χ0n) is 9.81. The lowest BCUT2D eigenvalue weighted by molar-refractivity contribution is 0.0839. The lowest BCUT2D eigenvalue weighted by Gasteiger charge is -2.22. The Morgan fingerprint density at radius 2 is 2.24 bits per heavy atom. The Morgan fingerprint density at radius 1 is 1.53 bits per heavy atom. The van der Waals surface area contributed by atoms with Gasteiger partial charge in [0, 0.05) is 18.7 Å². The first-order valence-corrected chi connectivity index (χ1v) is 5.56. The van der Waals surface area contributed by atoms with E-state index < -0.39 is 11.5 Å². The summed E-state index contributed by atoms with van der Waals surface area (Å²) < 4.78 is 0. The summed E-state index contributed by atoms with van der Waals surface area (Å²) >= 11 is 0. The number of hydrogen-bond acceptors (Lipinski definition) is 4. The smallest absolute Gasteiger partial charge is 0.248 e. The number of hydrogen-bond donors (Lipinski definition) is 3. The molecule has 5 nitrogen and oxygen atoms in total. The second kappa shape index (κ2) is 3.92. The molecule has 0 spiro atoms. The Balaban J connectivity index is 2.32.